The minimum atomic E-state index is -1.76. The van der Waals surface area contributed by atoms with E-state index in [2.05, 4.69) is 0 Å². The molecule has 0 bridgehead atoms. The number of Topliss-reactive ketones (excluding diaryl/α,β-unsaturated/α-hetero) is 1. The van der Waals surface area contributed by atoms with Crippen molar-refractivity contribution in [3.05, 3.63) is 53.6 Å². The summed E-state index contributed by atoms with van der Waals surface area (Å²) in [4.78, 5) is 24.3. The van der Waals surface area contributed by atoms with Gasteiger partial charge in [-0.15, -0.1) is 0 Å². The van der Waals surface area contributed by atoms with Gasteiger partial charge in [0.1, 0.15) is 59.4 Å². The summed E-state index contributed by atoms with van der Waals surface area (Å²) in [5.74, 6) is -1.53. The van der Waals surface area contributed by atoms with Crippen molar-refractivity contribution >= 4 is 11.8 Å². The summed E-state index contributed by atoms with van der Waals surface area (Å²) in [6.45, 7) is 1.89. The lowest BCUT2D eigenvalue weighted by molar-refractivity contribution is -0.354. The number of carbonyl (C=O) groups excluding carboxylic acids is 2. The number of phenols is 1. The Hall–Kier alpha value is -3.34. The van der Waals surface area contributed by atoms with Crippen LogP contribution in [0.3, 0.4) is 0 Å². The lowest BCUT2D eigenvalue weighted by atomic mass is 9.95. The van der Waals surface area contributed by atoms with Gasteiger partial charge in [0.05, 0.1) is 19.1 Å². The Bertz CT molecular complexity index is 1300. The molecule has 0 spiro atoms. The van der Waals surface area contributed by atoms with Gasteiger partial charge in [0.25, 0.3) is 0 Å². The molecule has 0 saturated carbocycles. The van der Waals surface area contributed by atoms with E-state index in [9.17, 15) is 40.2 Å². The van der Waals surface area contributed by atoms with Crippen LogP contribution in [-0.4, -0.2) is 110 Å². The Kier molecular flexibility index (Phi) is 9.20. The Balaban J connectivity index is 1.39. The number of aromatic hydroxyl groups is 1. The lowest BCUT2D eigenvalue weighted by Gasteiger charge is -2.46. The molecule has 0 unspecified atom stereocenters. The number of hydrogen-bond donors (Lipinski definition) is 6. The molecule has 3 heterocycles. The topological polar surface area (TPSA) is 211 Å². The molecule has 0 aliphatic carbocycles. The molecule has 3 aliphatic rings. The highest BCUT2D eigenvalue weighted by molar-refractivity contribution is 6.02. The quantitative estimate of drug-likeness (QED) is 0.224. The Morgan fingerprint density at radius 2 is 1.65 bits per heavy atom. The van der Waals surface area contributed by atoms with E-state index in [-0.39, 0.29) is 29.3 Å². The number of rotatable bonds is 7. The third-order valence-electron chi connectivity index (χ3n) is 7.59. The number of aliphatic hydroxyl groups is 5. The van der Waals surface area contributed by atoms with E-state index in [1.165, 1.54) is 13.0 Å². The van der Waals surface area contributed by atoms with Gasteiger partial charge in [0.2, 0.25) is 6.29 Å². The molecular formula is C29H34O14. The van der Waals surface area contributed by atoms with Crippen LogP contribution >= 0.6 is 0 Å². The van der Waals surface area contributed by atoms with Crippen LogP contribution in [0.4, 0.5) is 0 Å². The number of aliphatic hydroxyl groups excluding tert-OH is 5. The maximum Gasteiger partial charge on any atom is 0.303 e. The van der Waals surface area contributed by atoms with E-state index in [4.69, 9.17) is 28.4 Å². The first-order valence-corrected chi connectivity index (χ1v) is 13.7. The first kappa shape index (κ1) is 31.1. The molecule has 0 aromatic heterocycles. The second-order valence-electron chi connectivity index (χ2n) is 10.7. The summed E-state index contributed by atoms with van der Waals surface area (Å²) in [6.07, 6.45) is -15.7. The van der Waals surface area contributed by atoms with Crippen molar-refractivity contribution in [2.45, 2.75) is 87.8 Å². The molecule has 5 rings (SSSR count). The van der Waals surface area contributed by atoms with Gasteiger partial charge in [0, 0.05) is 19.1 Å². The van der Waals surface area contributed by atoms with E-state index in [0.717, 1.165) is 18.6 Å². The summed E-state index contributed by atoms with van der Waals surface area (Å²) in [7, 11) is 0. The van der Waals surface area contributed by atoms with E-state index < -0.39 is 85.8 Å². The molecule has 2 aromatic rings. The van der Waals surface area contributed by atoms with E-state index in [0.29, 0.717) is 0 Å². The minimum Gasteiger partial charge on any atom is -0.507 e. The van der Waals surface area contributed by atoms with Crippen LogP contribution in [0.2, 0.25) is 0 Å². The van der Waals surface area contributed by atoms with E-state index >= 15 is 0 Å². The second-order valence-corrected chi connectivity index (χ2v) is 10.7. The van der Waals surface area contributed by atoms with Crippen molar-refractivity contribution in [1.82, 2.24) is 0 Å². The molecule has 2 fully saturated rings. The smallest absolute Gasteiger partial charge is 0.303 e. The highest BCUT2D eigenvalue weighted by atomic mass is 16.8. The number of hydrogen-bond acceptors (Lipinski definition) is 14. The summed E-state index contributed by atoms with van der Waals surface area (Å²) in [6, 6.07) is 11.5. The fourth-order valence-corrected chi connectivity index (χ4v) is 5.39. The SMILES string of the molecule is CC(=O)O[C@H]1[C@@H](O)[C@H](O)[C@@H](O[C@@H]2[C@H](Oc3cc(O)c4c(c3)O[C@@H](c3ccccc3)CC4=O)O[C@@H](CO)[C@H](O)[C@H]2O)O[C@H]1C. The molecule has 6 N–H and O–H groups in total. The number of ether oxygens (including phenoxy) is 6. The third-order valence-corrected chi connectivity index (χ3v) is 7.59. The number of fused-ring (bicyclic) bond motifs is 1. The van der Waals surface area contributed by atoms with Crippen molar-refractivity contribution in [1.29, 1.82) is 0 Å². The molecular weight excluding hydrogens is 572 g/mol. The van der Waals surface area contributed by atoms with Crippen LogP contribution in [0.15, 0.2) is 42.5 Å². The zero-order chi connectivity index (χ0) is 31.0. The number of benzene rings is 2. The summed E-state index contributed by atoms with van der Waals surface area (Å²) in [5, 5.41) is 63.1. The van der Waals surface area contributed by atoms with Crippen LogP contribution in [-0.2, 0) is 23.7 Å². The number of ketones is 1. The van der Waals surface area contributed by atoms with Gasteiger partial charge in [-0.2, -0.15) is 0 Å². The van der Waals surface area contributed by atoms with Gasteiger partial charge in [-0.1, -0.05) is 30.3 Å². The number of phenolic OH excluding ortho intramolecular Hbond substituents is 1. The standard InChI is InChI=1S/C29H34O14/c1-12-26(39-13(2)31)24(36)25(37)28(38-12)43-27-23(35)22(34)20(11-30)42-29(27)40-15-8-16(32)21-17(33)10-18(41-19(21)9-15)14-6-4-3-5-7-14/h3-9,12,18,20,22-30,32,34-37H,10-11H2,1-2H3/t12-,18+,20-,22-,23+,24-,25-,26+,27-,28+,29+/m0/s1. The van der Waals surface area contributed by atoms with E-state index in [1.54, 1.807) is 24.3 Å². The van der Waals surface area contributed by atoms with Crippen molar-refractivity contribution in [2.75, 3.05) is 6.61 Å². The zero-order valence-corrected chi connectivity index (χ0v) is 23.3. The minimum absolute atomic E-state index is 0.000983. The van der Waals surface area contributed by atoms with Crippen LogP contribution in [0.25, 0.3) is 0 Å². The fourth-order valence-electron chi connectivity index (χ4n) is 5.39. The normalized spacial score (nSPS) is 35.9. The van der Waals surface area contributed by atoms with E-state index in [1.807, 2.05) is 6.07 Å². The maximum absolute atomic E-state index is 12.9. The van der Waals surface area contributed by atoms with Crippen LogP contribution in [0.1, 0.15) is 42.3 Å². The molecule has 43 heavy (non-hydrogen) atoms. The van der Waals surface area contributed by atoms with Crippen LogP contribution in [0.5, 0.6) is 17.2 Å². The average molecular weight is 607 g/mol. The van der Waals surface area contributed by atoms with Crippen LogP contribution < -0.4 is 9.47 Å². The first-order chi connectivity index (χ1) is 20.5. The first-order valence-electron chi connectivity index (χ1n) is 13.7. The summed E-state index contributed by atoms with van der Waals surface area (Å²) < 4.78 is 34.0. The highest BCUT2D eigenvalue weighted by Gasteiger charge is 2.51. The number of carbonyl (C=O) groups is 2. The highest BCUT2D eigenvalue weighted by Crippen LogP contribution is 2.42. The van der Waals surface area contributed by atoms with Crippen molar-refractivity contribution in [3.8, 4) is 17.2 Å². The van der Waals surface area contributed by atoms with Crippen molar-refractivity contribution < 1.29 is 68.6 Å². The third kappa shape index (κ3) is 6.32. The van der Waals surface area contributed by atoms with Gasteiger partial charge < -0.3 is 59.1 Å². The Morgan fingerprint density at radius 3 is 2.33 bits per heavy atom. The Labute approximate surface area is 245 Å². The lowest BCUT2D eigenvalue weighted by Crippen LogP contribution is -2.65. The van der Waals surface area contributed by atoms with Gasteiger partial charge in [-0.25, -0.2) is 0 Å². The average Bonchev–Trinajstić information content (AvgIpc) is 2.97. The molecule has 234 valence electrons. The van der Waals surface area contributed by atoms with Crippen molar-refractivity contribution in [2.24, 2.45) is 0 Å². The molecule has 2 aromatic carbocycles. The molecule has 3 aliphatic heterocycles. The largest absolute Gasteiger partial charge is 0.507 e. The molecule has 0 radical (unpaired) electrons. The maximum atomic E-state index is 12.9. The Morgan fingerprint density at radius 1 is 0.953 bits per heavy atom. The fraction of sp³-hybridized carbons (Fsp3) is 0.517. The predicted octanol–water partition coefficient (Wildman–Crippen LogP) is -0.300. The molecule has 2 saturated heterocycles. The summed E-state index contributed by atoms with van der Waals surface area (Å²) >= 11 is 0. The predicted molar refractivity (Wildman–Crippen MR) is 142 cm³/mol. The molecule has 11 atom stereocenters. The molecule has 0 amide bonds. The van der Waals surface area contributed by atoms with Gasteiger partial charge >= 0.3 is 5.97 Å². The summed E-state index contributed by atoms with van der Waals surface area (Å²) in [5.41, 5.74) is 0.710. The number of esters is 1. The van der Waals surface area contributed by atoms with Gasteiger partial charge in [-0.3, -0.25) is 9.59 Å². The van der Waals surface area contributed by atoms with Gasteiger partial charge in [-0.05, 0) is 12.5 Å². The second kappa shape index (κ2) is 12.7. The zero-order valence-electron chi connectivity index (χ0n) is 23.3. The van der Waals surface area contributed by atoms with Crippen molar-refractivity contribution in [3.63, 3.8) is 0 Å². The molecule has 14 nitrogen and oxygen atoms in total. The molecule has 14 heteroatoms. The van der Waals surface area contributed by atoms with Gasteiger partial charge in [0.15, 0.2) is 24.3 Å². The monoisotopic (exact) mass is 606 g/mol. The van der Waals surface area contributed by atoms with Crippen LogP contribution in [0, 0.1) is 0 Å².